The lowest BCUT2D eigenvalue weighted by molar-refractivity contribution is -0.137. The Labute approximate surface area is 228 Å². The third kappa shape index (κ3) is 4.48. The first kappa shape index (κ1) is 25.9. The SMILES string of the molecule is CC1(C)OCC2(CCN(c3cnc(Sc4ccc5ncn(CC6(F)COC6)c(=O)c5c4Cl)cn3)CC2)[C@@H]1N. The minimum Gasteiger partial charge on any atom is -0.374 e. The molecule has 1 atom stereocenters. The lowest BCUT2D eigenvalue weighted by Gasteiger charge is -2.42. The quantitative estimate of drug-likeness (QED) is 0.502. The van der Waals surface area contributed by atoms with Gasteiger partial charge in [-0.25, -0.2) is 19.3 Å². The first-order valence-corrected chi connectivity index (χ1v) is 13.9. The van der Waals surface area contributed by atoms with Gasteiger partial charge in [-0.1, -0.05) is 23.4 Å². The van der Waals surface area contributed by atoms with Crippen LogP contribution in [0, 0.1) is 5.41 Å². The molecule has 0 bridgehead atoms. The molecule has 6 rings (SSSR count). The summed E-state index contributed by atoms with van der Waals surface area (Å²) in [6, 6.07) is 3.55. The number of rotatable bonds is 5. The van der Waals surface area contributed by atoms with Crippen molar-refractivity contribution < 1.29 is 13.9 Å². The number of benzene rings is 1. The summed E-state index contributed by atoms with van der Waals surface area (Å²) < 4.78 is 26.8. The number of nitrogens with two attached hydrogens (primary N) is 1. The lowest BCUT2D eigenvalue weighted by atomic mass is 9.71. The first-order chi connectivity index (χ1) is 18.1. The minimum absolute atomic E-state index is 0.0124. The molecule has 3 fully saturated rings. The molecule has 0 radical (unpaired) electrons. The maximum Gasteiger partial charge on any atom is 0.262 e. The summed E-state index contributed by atoms with van der Waals surface area (Å²) in [6.45, 7) is 6.34. The Hall–Kier alpha value is -2.31. The fourth-order valence-corrected chi connectivity index (χ4v) is 6.74. The van der Waals surface area contributed by atoms with Crippen LogP contribution in [0.2, 0.25) is 5.02 Å². The number of halogens is 2. The highest BCUT2D eigenvalue weighted by Crippen LogP contribution is 2.46. The number of aromatic nitrogens is 4. The second-order valence-corrected chi connectivity index (χ2v) is 12.6. The van der Waals surface area contributed by atoms with Crippen molar-refractivity contribution in [2.75, 3.05) is 37.8 Å². The van der Waals surface area contributed by atoms with Gasteiger partial charge in [-0.05, 0) is 38.8 Å². The zero-order valence-corrected chi connectivity index (χ0v) is 22.9. The molecule has 3 aliphatic heterocycles. The Morgan fingerprint density at radius 1 is 1.16 bits per heavy atom. The molecule has 202 valence electrons. The number of ether oxygens (including phenoxy) is 2. The summed E-state index contributed by atoms with van der Waals surface area (Å²) in [5, 5.41) is 1.17. The molecule has 1 spiro atoms. The van der Waals surface area contributed by atoms with Gasteiger partial charge in [-0.3, -0.25) is 9.36 Å². The highest BCUT2D eigenvalue weighted by atomic mass is 35.5. The van der Waals surface area contributed by atoms with Crippen molar-refractivity contribution in [2.45, 2.75) is 60.5 Å². The van der Waals surface area contributed by atoms with Crippen molar-refractivity contribution in [1.29, 1.82) is 0 Å². The van der Waals surface area contributed by atoms with Gasteiger partial charge in [0.1, 0.15) is 10.8 Å². The highest BCUT2D eigenvalue weighted by molar-refractivity contribution is 7.99. The van der Waals surface area contributed by atoms with Crippen LogP contribution in [0.1, 0.15) is 26.7 Å². The molecule has 3 aliphatic rings. The summed E-state index contributed by atoms with van der Waals surface area (Å²) in [6.07, 6.45) is 6.73. The zero-order chi connectivity index (χ0) is 26.7. The van der Waals surface area contributed by atoms with Crippen LogP contribution < -0.4 is 16.2 Å². The third-order valence-electron chi connectivity index (χ3n) is 8.12. The van der Waals surface area contributed by atoms with Gasteiger partial charge in [-0.2, -0.15) is 0 Å². The van der Waals surface area contributed by atoms with Gasteiger partial charge < -0.3 is 20.1 Å². The van der Waals surface area contributed by atoms with E-state index in [1.165, 1.54) is 22.7 Å². The van der Waals surface area contributed by atoms with Crippen LogP contribution in [0.25, 0.3) is 10.9 Å². The van der Waals surface area contributed by atoms with Crippen molar-refractivity contribution >= 4 is 40.1 Å². The van der Waals surface area contributed by atoms with Crippen molar-refractivity contribution in [3.63, 3.8) is 0 Å². The molecule has 5 heterocycles. The fourth-order valence-electron chi connectivity index (χ4n) is 5.62. The summed E-state index contributed by atoms with van der Waals surface area (Å²) >= 11 is 7.98. The second kappa shape index (κ2) is 9.41. The standard InChI is InChI=1S/C26H30ClFN6O3S/c1-24(2)23(29)25(12-37-24)5-7-33(8-6-25)18-9-31-19(10-30-18)38-17-4-3-16-20(21(17)27)22(35)34(15-32-16)11-26(28)13-36-14-26/h3-4,9-10,15,23H,5-8,11-14,29H2,1-2H3/t23-/m1/s1. The molecule has 1 aromatic carbocycles. The van der Waals surface area contributed by atoms with Gasteiger partial charge in [0.05, 0.1) is 66.6 Å². The zero-order valence-electron chi connectivity index (χ0n) is 21.3. The molecule has 0 aliphatic carbocycles. The Kier molecular flexibility index (Phi) is 6.42. The molecular formula is C26H30ClFN6O3S. The number of anilines is 1. The van der Waals surface area contributed by atoms with Crippen LogP contribution in [0.15, 0.2) is 45.6 Å². The number of hydrogen-bond acceptors (Lipinski definition) is 9. The molecule has 0 unspecified atom stereocenters. The molecule has 2 aromatic heterocycles. The highest BCUT2D eigenvalue weighted by Gasteiger charge is 2.52. The Morgan fingerprint density at radius 2 is 1.92 bits per heavy atom. The number of piperidine rings is 1. The van der Waals surface area contributed by atoms with E-state index in [1.807, 2.05) is 0 Å². The average Bonchev–Trinajstić information content (AvgIpc) is 3.11. The van der Waals surface area contributed by atoms with Crippen molar-refractivity contribution in [3.05, 3.63) is 46.2 Å². The number of alkyl halides is 1. The normalized spacial score (nSPS) is 23.6. The second-order valence-electron chi connectivity index (χ2n) is 11.1. The van der Waals surface area contributed by atoms with Crippen LogP contribution in [0.5, 0.6) is 0 Å². The fraction of sp³-hybridized carbons (Fsp3) is 0.538. The lowest BCUT2D eigenvalue weighted by Crippen LogP contribution is -2.53. The molecule has 0 saturated carbocycles. The predicted molar refractivity (Wildman–Crippen MR) is 144 cm³/mol. The van der Waals surface area contributed by atoms with Gasteiger partial charge in [0.2, 0.25) is 0 Å². The maximum absolute atomic E-state index is 14.6. The van der Waals surface area contributed by atoms with Crippen LogP contribution in [-0.2, 0) is 16.0 Å². The van der Waals surface area contributed by atoms with Gasteiger partial charge in [-0.15, -0.1) is 0 Å². The maximum atomic E-state index is 14.6. The molecule has 0 amide bonds. The van der Waals surface area contributed by atoms with E-state index in [2.05, 4.69) is 33.7 Å². The molecule has 2 N–H and O–H groups in total. The van der Waals surface area contributed by atoms with Gasteiger partial charge in [0, 0.05) is 29.4 Å². The third-order valence-corrected chi connectivity index (χ3v) is 9.61. The number of hydrogen-bond donors (Lipinski definition) is 1. The van der Waals surface area contributed by atoms with Crippen molar-refractivity contribution in [3.8, 4) is 0 Å². The summed E-state index contributed by atoms with van der Waals surface area (Å²) in [4.78, 5) is 29.5. The van der Waals surface area contributed by atoms with Gasteiger partial charge in [0.25, 0.3) is 5.56 Å². The average molecular weight is 561 g/mol. The van der Waals surface area contributed by atoms with E-state index in [1.54, 1.807) is 24.5 Å². The Morgan fingerprint density at radius 3 is 2.53 bits per heavy atom. The smallest absolute Gasteiger partial charge is 0.262 e. The van der Waals surface area contributed by atoms with E-state index in [9.17, 15) is 9.18 Å². The predicted octanol–water partition coefficient (Wildman–Crippen LogP) is 3.45. The summed E-state index contributed by atoms with van der Waals surface area (Å²) in [5.74, 6) is 0.813. The van der Waals surface area contributed by atoms with Crippen LogP contribution in [0.3, 0.4) is 0 Å². The minimum atomic E-state index is -1.56. The molecule has 3 aromatic rings. The molecule has 9 nitrogen and oxygen atoms in total. The summed E-state index contributed by atoms with van der Waals surface area (Å²) in [5.41, 5.74) is 4.80. The topological polar surface area (TPSA) is 108 Å². The van der Waals surface area contributed by atoms with E-state index in [0.29, 0.717) is 22.0 Å². The summed E-state index contributed by atoms with van der Waals surface area (Å²) in [7, 11) is 0. The Bertz CT molecular complexity index is 1420. The monoisotopic (exact) mass is 560 g/mol. The number of fused-ring (bicyclic) bond motifs is 1. The van der Waals surface area contributed by atoms with E-state index in [-0.39, 0.29) is 52.8 Å². The largest absolute Gasteiger partial charge is 0.374 e. The molecule has 12 heteroatoms. The van der Waals surface area contributed by atoms with E-state index in [0.717, 1.165) is 31.7 Å². The van der Waals surface area contributed by atoms with Gasteiger partial charge >= 0.3 is 0 Å². The van der Waals surface area contributed by atoms with Crippen molar-refractivity contribution in [1.82, 2.24) is 19.5 Å². The molecule has 3 saturated heterocycles. The van der Waals surface area contributed by atoms with Crippen LogP contribution >= 0.6 is 23.4 Å². The van der Waals surface area contributed by atoms with E-state index < -0.39 is 5.67 Å². The van der Waals surface area contributed by atoms with Crippen molar-refractivity contribution in [2.24, 2.45) is 11.1 Å². The first-order valence-electron chi connectivity index (χ1n) is 12.7. The molecular weight excluding hydrogens is 531 g/mol. The number of nitrogens with zero attached hydrogens (tertiary/aromatic N) is 5. The van der Waals surface area contributed by atoms with Crippen LogP contribution in [-0.4, -0.2) is 69.7 Å². The Balaban J connectivity index is 1.17. The molecule has 38 heavy (non-hydrogen) atoms. The van der Waals surface area contributed by atoms with E-state index in [4.69, 9.17) is 26.8 Å². The van der Waals surface area contributed by atoms with Crippen LogP contribution in [0.4, 0.5) is 10.2 Å². The van der Waals surface area contributed by atoms with Gasteiger partial charge in [0.15, 0.2) is 5.67 Å². The van der Waals surface area contributed by atoms with E-state index >= 15 is 0 Å².